The summed E-state index contributed by atoms with van der Waals surface area (Å²) in [6.07, 6.45) is 1.12. The average molecular weight is 259 g/mol. The first kappa shape index (κ1) is 14.7. The molecule has 17 heavy (non-hydrogen) atoms. The fourth-order valence-corrected chi connectivity index (χ4v) is 2.17. The van der Waals surface area contributed by atoms with Gasteiger partial charge in [0.1, 0.15) is 0 Å². The molecule has 0 aromatic heterocycles. The molecule has 1 saturated heterocycles. The second-order valence-corrected chi connectivity index (χ2v) is 5.11. The summed E-state index contributed by atoms with van der Waals surface area (Å²) in [5, 5.41) is 3.57. The second-order valence-electron chi connectivity index (χ2n) is 4.74. The van der Waals surface area contributed by atoms with Gasteiger partial charge >= 0.3 is 0 Å². The summed E-state index contributed by atoms with van der Waals surface area (Å²) in [6, 6.07) is 0.679. The van der Waals surface area contributed by atoms with Crippen LogP contribution in [0, 0.1) is 0 Å². The van der Waals surface area contributed by atoms with Crippen LogP contribution in [-0.2, 0) is 4.74 Å². The van der Waals surface area contributed by atoms with Gasteiger partial charge in [-0.25, -0.2) is 0 Å². The first-order valence-electron chi connectivity index (χ1n) is 6.41. The van der Waals surface area contributed by atoms with Crippen molar-refractivity contribution in [1.29, 1.82) is 0 Å². The number of nitrogens with zero attached hydrogens (tertiary/aromatic N) is 2. The summed E-state index contributed by atoms with van der Waals surface area (Å²) in [4.78, 5) is 5.06. The van der Waals surface area contributed by atoms with Crippen LogP contribution < -0.4 is 5.32 Å². The van der Waals surface area contributed by atoms with E-state index in [2.05, 4.69) is 29.0 Å². The van der Waals surface area contributed by atoms with Crippen LogP contribution in [0.5, 0.6) is 0 Å². The molecule has 1 rings (SSSR count). The van der Waals surface area contributed by atoms with Crippen LogP contribution in [0.4, 0.5) is 0 Å². The Bertz CT molecular complexity index is 228. The van der Waals surface area contributed by atoms with E-state index in [-0.39, 0.29) is 0 Å². The van der Waals surface area contributed by atoms with E-state index in [0.717, 1.165) is 19.5 Å². The Labute approximate surface area is 110 Å². The van der Waals surface area contributed by atoms with Crippen LogP contribution in [0.15, 0.2) is 0 Å². The second kappa shape index (κ2) is 7.84. The smallest absolute Gasteiger partial charge is 0.256 e. The van der Waals surface area contributed by atoms with Crippen molar-refractivity contribution < 1.29 is 4.74 Å². The van der Waals surface area contributed by atoms with Crippen molar-refractivity contribution in [2.24, 2.45) is 0 Å². The number of nitrogens with one attached hydrogen (secondary N) is 1. The molecular formula is C12H25N3OS. The van der Waals surface area contributed by atoms with Crippen molar-refractivity contribution in [3.8, 4) is 0 Å². The summed E-state index contributed by atoms with van der Waals surface area (Å²) in [5.74, 6) is 0. The molecule has 0 radical (unpaired) electrons. The van der Waals surface area contributed by atoms with Gasteiger partial charge in [0.15, 0.2) is 0 Å². The lowest BCUT2D eigenvalue weighted by Crippen LogP contribution is -2.49. The maximum absolute atomic E-state index is 4.92. The molecule has 0 aliphatic carbocycles. The van der Waals surface area contributed by atoms with Crippen molar-refractivity contribution in [2.45, 2.75) is 26.3 Å². The Morgan fingerprint density at radius 2 is 1.94 bits per heavy atom. The van der Waals surface area contributed by atoms with Crippen LogP contribution in [-0.4, -0.2) is 67.4 Å². The Morgan fingerprint density at radius 1 is 1.29 bits per heavy atom. The molecule has 5 heteroatoms. The van der Waals surface area contributed by atoms with Gasteiger partial charge < -0.3 is 15.0 Å². The quantitative estimate of drug-likeness (QED) is 0.585. The molecule has 1 aliphatic rings. The van der Waals surface area contributed by atoms with Gasteiger partial charge in [-0.1, -0.05) is 0 Å². The molecule has 100 valence electrons. The topological polar surface area (TPSA) is 27.7 Å². The third-order valence-corrected chi connectivity index (χ3v) is 3.55. The van der Waals surface area contributed by atoms with Crippen LogP contribution in [0.2, 0.25) is 0 Å². The molecule has 1 N–H and O–H groups in total. The monoisotopic (exact) mass is 259 g/mol. The minimum absolute atomic E-state index is 0.495. The van der Waals surface area contributed by atoms with Crippen LogP contribution in [0.1, 0.15) is 20.3 Å². The maximum atomic E-state index is 4.92. The zero-order valence-electron chi connectivity index (χ0n) is 11.2. The SMILES string of the molecule is COC(=S)NCCCN1CCN(C(C)C)CC1. The zero-order chi connectivity index (χ0) is 12.7. The number of methoxy groups -OCH3 is 1. The van der Waals surface area contributed by atoms with Crippen molar-refractivity contribution >= 4 is 17.4 Å². The minimum atomic E-state index is 0.495. The van der Waals surface area contributed by atoms with Crippen LogP contribution in [0.25, 0.3) is 0 Å². The summed E-state index contributed by atoms with van der Waals surface area (Å²) >= 11 is 4.92. The van der Waals surface area contributed by atoms with E-state index in [9.17, 15) is 0 Å². The van der Waals surface area contributed by atoms with Gasteiger partial charge in [-0.3, -0.25) is 4.90 Å². The maximum Gasteiger partial charge on any atom is 0.256 e. The average Bonchev–Trinajstić information content (AvgIpc) is 2.34. The number of hydrogen-bond acceptors (Lipinski definition) is 4. The summed E-state index contributed by atoms with van der Waals surface area (Å²) in [6.45, 7) is 11.3. The van der Waals surface area contributed by atoms with Crippen LogP contribution in [0.3, 0.4) is 0 Å². The highest BCUT2D eigenvalue weighted by atomic mass is 32.1. The lowest BCUT2D eigenvalue weighted by molar-refractivity contribution is 0.108. The van der Waals surface area contributed by atoms with Gasteiger partial charge in [0.25, 0.3) is 5.17 Å². The van der Waals surface area contributed by atoms with E-state index in [4.69, 9.17) is 17.0 Å². The predicted octanol–water partition coefficient (Wildman–Crippen LogP) is 0.923. The highest BCUT2D eigenvalue weighted by Crippen LogP contribution is 2.05. The van der Waals surface area contributed by atoms with Crippen molar-refractivity contribution in [1.82, 2.24) is 15.1 Å². The standard InChI is InChI=1S/C12H25N3OS/c1-11(2)15-9-7-14(8-10-15)6-4-5-13-12(17)16-3/h11H,4-10H2,1-3H3,(H,13,17). The highest BCUT2D eigenvalue weighted by molar-refractivity contribution is 7.80. The molecule has 1 fully saturated rings. The van der Waals surface area contributed by atoms with Gasteiger partial charge in [-0.15, -0.1) is 0 Å². The molecule has 4 nitrogen and oxygen atoms in total. The normalized spacial score (nSPS) is 18.4. The number of thiocarbonyl (C=S) groups is 1. The molecule has 0 unspecified atom stereocenters. The van der Waals surface area contributed by atoms with Gasteiger partial charge in [0.2, 0.25) is 0 Å². The lowest BCUT2D eigenvalue weighted by Gasteiger charge is -2.36. The lowest BCUT2D eigenvalue weighted by atomic mass is 10.2. The van der Waals surface area contributed by atoms with Gasteiger partial charge in [-0.05, 0) is 39.0 Å². The molecule has 0 spiro atoms. The van der Waals surface area contributed by atoms with Crippen molar-refractivity contribution in [2.75, 3.05) is 46.4 Å². The van der Waals surface area contributed by atoms with E-state index >= 15 is 0 Å². The third-order valence-electron chi connectivity index (χ3n) is 3.24. The first-order chi connectivity index (χ1) is 8.13. The van der Waals surface area contributed by atoms with Gasteiger partial charge in [0.05, 0.1) is 7.11 Å². The third kappa shape index (κ3) is 5.66. The molecule has 1 heterocycles. The molecule has 0 aromatic rings. The number of ether oxygens (including phenoxy) is 1. The van der Waals surface area contributed by atoms with E-state index < -0.39 is 0 Å². The molecule has 1 aliphatic heterocycles. The Balaban J connectivity index is 2.04. The molecule has 0 amide bonds. The van der Waals surface area contributed by atoms with Gasteiger partial charge in [-0.2, -0.15) is 0 Å². The van der Waals surface area contributed by atoms with E-state index in [1.54, 1.807) is 7.11 Å². The number of piperazine rings is 1. The van der Waals surface area contributed by atoms with E-state index in [1.807, 2.05) is 0 Å². The zero-order valence-corrected chi connectivity index (χ0v) is 12.1. The highest BCUT2D eigenvalue weighted by Gasteiger charge is 2.17. The Kier molecular flexibility index (Phi) is 6.77. The van der Waals surface area contributed by atoms with Crippen molar-refractivity contribution in [3.05, 3.63) is 0 Å². The number of hydrogen-bond donors (Lipinski definition) is 1. The van der Waals surface area contributed by atoms with Gasteiger partial charge in [0, 0.05) is 38.8 Å². The summed E-state index contributed by atoms with van der Waals surface area (Å²) in [7, 11) is 1.60. The molecule has 0 aromatic carbocycles. The molecule has 0 saturated carbocycles. The molecule has 0 bridgehead atoms. The summed E-state index contributed by atoms with van der Waals surface area (Å²) in [5.41, 5.74) is 0. The Hall–Kier alpha value is -0.390. The van der Waals surface area contributed by atoms with Crippen molar-refractivity contribution in [3.63, 3.8) is 0 Å². The fourth-order valence-electron chi connectivity index (χ4n) is 2.07. The largest absolute Gasteiger partial charge is 0.474 e. The first-order valence-corrected chi connectivity index (χ1v) is 6.82. The van der Waals surface area contributed by atoms with Crippen LogP contribution >= 0.6 is 12.2 Å². The number of rotatable bonds is 5. The Morgan fingerprint density at radius 3 is 2.47 bits per heavy atom. The molecule has 0 atom stereocenters. The van der Waals surface area contributed by atoms with E-state index in [0.29, 0.717) is 11.2 Å². The summed E-state index contributed by atoms with van der Waals surface area (Å²) < 4.78 is 4.88. The molecular weight excluding hydrogens is 234 g/mol. The minimum Gasteiger partial charge on any atom is -0.474 e. The fraction of sp³-hybridized carbons (Fsp3) is 0.917. The van der Waals surface area contributed by atoms with E-state index in [1.165, 1.54) is 26.2 Å². The predicted molar refractivity (Wildman–Crippen MR) is 75.4 cm³/mol.